The largest absolute Gasteiger partial charge is 0.352 e. The fourth-order valence-electron chi connectivity index (χ4n) is 1.73. The second kappa shape index (κ2) is 8.64. The molecule has 0 spiro atoms. The maximum absolute atomic E-state index is 5.51. The van der Waals surface area contributed by atoms with E-state index < -0.39 is 0 Å². The van der Waals surface area contributed by atoms with Crippen LogP contribution in [0.2, 0.25) is 0 Å². The lowest BCUT2D eigenvalue weighted by molar-refractivity contribution is -0.133. The Morgan fingerprint density at radius 1 is 1.17 bits per heavy atom. The predicted octanol–water partition coefficient (Wildman–Crippen LogP) is 3.36. The molecule has 1 unspecified atom stereocenters. The van der Waals surface area contributed by atoms with Gasteiger partial charge in [0.2, 0.25) is 0 Å². The fraction of sp³-hybridized carbons (Fsp3) is 0.714. The first kappa shape index (κ1) is 15.6. The van der Waals surface area contributed by atoms with Crippen LogP contribution in [0.4, 0.5) is 0 Å². The van der Waals surface area contributed by atoms with Crippen molar-refractivity contribution in [2.75, 3.05) is 19.8 Å². The van der Waals surface area contributed by atoms with E-state index in [1.54, 1.807) is 0 Å². The van der Waals surface area contributed by atoms with E-state index in [0.29, 0.717) is 19.3 Å². The Morgan fingerprint density at radius 3 is 2.33 bits per heavy atom. The Kier molecular flexibility index (Phi) is 7.51. The van der Waals surface area contributed by atoms with E-state index in [4.69, 9.17) is 9.47 Å². The quantitative estimate of drug-likeness (QED) is 0.699. The molecule has 0 aliphatic heterocycles. The van der Waals surface area contributed by atoms with E-state index in [1.807, 2.05) is 25.2 Å². The third-order valence-electron chi connectivity index (χ3n) is 2.75. The lowest BCUT2D eigenvalue weighted by Crippen LogP contribution is -2.32. The number of thiophene rings is 1. The van der Waals surface area contributed by atoms with Crippen LogP contribution in [0.15, 0.2) is 12.1 Å². The van der Waals surface area contributed by atoms with Crippen LogP contribution in [0.3, 0.4) is 0 Å². The Bertz CT molecular complexity index is 321. The van der Waals surface area contributed by atoms with Crippen LogP contribution in [-0.2, 0) is 15.9 Å². The van der Waals surface area contributed by atoms with E-state index in [0.717, 1.165) is 13.0 Å². The van der Waals surface area contributed by atoms with Crippen molar-refractivity contribution in [1.82, 2.24) is 5.32 Å². The molecule has 1 N–H and O–H groups in total. The van der Waals surface area contributed by atoms with Crippen molar-refractivity contribution in [1.29, 1.82) is 0 Å². The summed E-state index contributed by atoms with van der Waals surface area (Å²) in [6.45, 7) is 10.4. The molecule has 0 bridgehead atoms. The van der Waals surface area contributed by atoms with Gasteiger partial charge in [-0.2, -0.15) is 0 Å². The highest BCUT2D eigenvalue weighted by Crippen LogP contribution is 2.23. The first-order chi connectivity index (χ1) is 8.71. The molecule has 0 fully saturated rings. The molecule has 18 heavy (non-hydrogen) atoms. The van der Waals surface area contributed by atoms with Crippen molar-refractivity contribution in [2.24, 2.45) is 0 Å². The van der Waals surface area contributed by atoms with Crippen molar-refractivity contribution >= 4 is 11.3 Å². The van der Waals surface area contributed by atoms with Crippen LogP contribution in [0.5, 0.6) is 0 Å². The number of rotatable bonds is 9. The Morgan fingerprint density at radius 2 is 1.83 bits per heavy atom. The highest BCUT2D eigenvalue weighted by molar-refractivity contribution is 7.12. The van der Waals surface area contributed by atoms with Gasteiger partial charge in [0.1, 0.15) is 0 Å². The van der Waals surface area contributed by atoms with Gasteiger partial charge >= 0.3 is 0 Å². The van der Waals surface area contributed by atoms with Gasteiger partial charge in [-0.05, 0) is 39.3 Å². The minimum atomic E-state index is -0.145. The molecule has 0 aliphatic carbocycles. The number of nitrogens with one attached hydrogen (secondary N) is 1. The number of ether oxygens (including phenoxy) is 2. The molecule has 0 saturated heterocycles. The van der Waals surface area contributed by atoms with Gasteiger partial charge < -0.3 is 14.8 Å². The molecule has 0 aliphatic rings. The van der Waals surface area contributed by atoms with Gasteiger partial charge in [-0.15, -0.1) is 11.3 Å². The van der Waals surface area contributed by atoms with Crippen molar-refractivity contribution in [3.8, 4) is 0 Å². The fourth-order valence-corrected chi connectivity index (χ4v) is 2.71. The molecule has 0 aromatic carbocycles. The van der Waals surface area contributed by atoms with Crippen LogP contribution in [0.1, 0.15) is 43.5 Å². The molecule has 0 saturated carbocycles. The van der Waals surface area contributed by atoms with Crippen molar-refractivity contribution in [3.63, 3.8) is 0 Å². The molecule has 0 radical (unpaired) electrons. The zero-order valence-corrected chi connectivity index (χ0v) is 12.7. The minimum Gasteiger partial charge on any atom is -0.352 e. The number of hydrogen-bond acceptors (Lipinski definition) is 4. The van der Waals surface area contributed by atoms with E-state index in [1.165, 1.54) is 9.75 Å². The lowest BCUT2D eigenvalue weighted by Gasteiger charge is -2.20. The summed E-state index contributed by atoms with van der Waals surface area (Å²) < 4.78 is 11.0. The maximum Gasteiger partial charge on any atom is 0.169 e. The summed E-state index contributed by atoms with van der Waals surface area (Å²) in [6.07, 6.45) is 0.964. The van der Waals surface area contributed by atoms with Crippen molar-refractivity contribution < 1.29 is 9.47 Å². The smallest absolute Gasteiger partial charge is 0.169 e. The molecular formula is C14H25NO2S. The summed E-state index contributed by atoms with van der Waals surface area (Å²) >= 11 is 1.88. The van der Waals surface area contributed by atoms with Gasteiger partial charge in [0.25, 0.3) is 0 Å². The minimum absolute atomic E-state index is 0.145. The van der Waals surface area contributed by atoms with Gasteiger partial charge in [-0.25, -0.2) is 0 Å². The summed E-state index contributed by atoms with van der Waals surface area (Å²) in [5.74, 6) is 0. The molecule has 1 aromatic rings. The van der Waals surface area contributed by atoms with E-state index >= 15 is 0 Å². The van der Waals surface area contributed by atoms with Gasteiger partial charge in [0, 0.05) is 35.6 Å². The van der Waals surface area contributed by atoms with Crippen LogP contribution >= 0.6 is 11.3 Å². The Hall–Kier alpha value is -0.420. The maximum atomic E-state index is 5.51. The third kappa shape index (κ3) is 5.06. The SMILES string of the molecule is CCOC(CNC(C)c1ccc(CC)s1)OCC. The van der Waals surface area contributed by atoms with Gasteiger partial charge in [0.15, 0.2) is 6.29 Å². The second-order valence-corrected chi connectivity index (χ2v) is 5.33. The Balaban J connectivity index is 2.40. The first-order valence-corrected chi connectivity index (χ1v) is 7.58. The van der Waals surface area contributed by atoms with Gasteiger partial charge in [0.05, 0.1) is 0 Å². The molecular weight excluding hydrogens is 246 g/mol. The zero-order valence-electron chi connectivity index (χ0n) is 11.9. The van der Waals surface area contributed by atoms with E-state index in [9.17, 15) is 0 Å². The van der Waals surface area contributed by atoms with Crippen LogP contribution < -0.4 is 5.32 Å². The number of aryl methyl sites for hydroxylation is 1. The third-order valence-corrected chi connectivity index (χ3v) is 4.17. The van der Waals surface area contributed by atoms with Crippen molar-refractivity contribution in [2.45, 2.75) is 46.4 Å². The molecule has 1 rings (SSSR count). The Labute approximate surface area is 114 Å². The van der Waals surface area contributed by atoms with E-state index in [2.05, 4.69) is 31.3 Å². The summed E-state index contributed by atoms with van der Waals surface area (Å²) in [6, 6.07) is 4.76. The summed E-state index contributed by atoms with van der Waals surface area (Å²) in [5.41, 5.74) is 0. The summed E-state index contributed by atoms with van der Waals surface area (Å²) in [4.78, 5) is 2.81. The second-order valence-electron chi connectivity index (χ2n) is 4.13. The molecule has 104 valence electrons. The zero-order chi connectivity index (χ0) is 13.4. The molecule has 4 heteroatoms. The monoisotopic (exact) mass is 271 g/mol. The number of hydrogen-bond donors (Lipinski definition) is 1. The van der Waals surface area contributed by atoms with Crippen LogP contribution in [0, 0.1) is 0 Å². The summed E-state index contributed by atoms with van der Waals surface area (Å²) in [7, 11) is 0. The first-order valence-electron chi connectivity index (χ1n) is 6.76. The van der Waals surface area contributed by atoms with Crippen LogP contribution in [0.25, 0.3) is 0 Å². The predicted molar refractivity (Wildman–Crippen MR) is 77.2 cm³/mol. The molecule has 1 atom stereocenters. The average Bonchev–Trinajstić information content (AvgIpc) is 2.85. The lowest BCUT2D eigenvalue weighted by atomic mass is 10.2. The highest BCUT2D eigenvalue weighted by atomic mass is 32.1. The molecule has 0 amide bonds. The topological polar surface area (TPSA) is 30.5 Å². The molecule has 1 heterocycles. The van der Waals surface area contributed by atoms with Gasteiger partial charge in [-0.3, -0.25) is 0 Å². The van der Waals surface area contributed by atoms with Crippen LogP contribution in [-0.4, -0.2) is 26.0 Å². The average molecular weight is 271 g/mol. The normalized spacial score (nSPS) is 13.2. The van der Waals surface area contributed by atoms with Crippen molar-refractivity contribution in [3.05, 3.63) is 21.9 Å². The van der Waals surface area contributed by atoms with Gasteiger partial charge in [-0.1, -0.05) is 6.92 Å². The van der Waals surface area contributed by atoms with E-state index in [-0.39, 0.29) is 6.29 Å². The molecule has 3 nitrogen and oxygen atoms in total. The standard InChI is InChI=1S/C14H25NO2S/c1-5-12-8-9-13(18-12)11(4)15-10-14(16-6-2)17-7-3/h8-9,11,14-15H,5-7,10H2,1-4H3. The highest BCUT2D eigenvalue weighted by Gasteiger charge is 2.12. The molecule has 1 aromatic heterocycles. The summed E-state index contributed by atoms with van der Waals surface area (Å²) in [5, 5.41) is 3.47.